The summed E-state index contributed by atoms with van der Waals surface area (Å²) in [4.78, 5) is 0. The van der Waals surface area contributed by atoms with Gasteiger partial charge in [-0.2, -0.15) is 0 Å². The molecule has 86 valence electrons. The van der Waals surface area contributed by atoms with Crippen molar-refractivity contribution >= 4 is 0 Å². The van der Waals surface area contributed by atoms with Crippen molar-refractivity contribution < 1.29 is 4.74 Å². The lowest BCUT2D eigenvalue weighted by atomic mass is 9.68. The van der Waals surface area contributed by atoms with Crippen molar-refractivity contribution in [3.8, 4) is 12.3 Å². The number of rotatable bonds is 3. The first-order valence-corrected chi connectivity index (χ1v) is 5.68. The number of likely N-dealkylation sites (N-methyl/N-ethyl adjacent to an activating group) is 1. The van der Waals surface area contributed by atoms with Crippen molar-refractivity contribution in [1.29, 1.82) is 0 Å². The molecule has 0 aromatic carbocycles. The lowest BCUT2D eigenvalue weighted by Gasteiger charge is -2.45. The van der Waals surface area contributed by atoms with Gasteiger partial charge in [0.15, 0.2) is 0 Å². The molecule has 2 nitrogen and oxygen atoms in total. The molecule has 1 aliphatic rings. The van der Waals surface area contributed by atoms with Crippen molar-refractivity contribution in [2.45, 2.75) is 51.2 Å². The molecule has 1 unspecified atom stereocenters. The standard InChI is InChI=1S/C13H23NO/c1-6-11(14-4)13(15-5)9-7-12(2,3)8-10-13/h1,11,14H,7-10H2,2-5H3. The highest BCUT2D eigenvalue weighted by atomic mass is 16.5. The Balaban J connectivity index is 2.77. The molecule has 0 radical (unpaired) electrons. The number of hydrogen-bond donors (Lipinski definition) is 1. The molecule has 0 spiro atoms. The maximum absolute atomic E-state index is 5.71. The summed E-state index contributed by atoms with van der Waals surface area (Å²) in [5.74, 6) is 2.80. The van der Waals surface area contributed by atoms with Crippen molar-refractivity contribution in [3.05, 3.63) is 0 Å². The first kappa shape index (κ1) is 12.5. The second-order valence-corrected chi connectivity index (χ2v) is 5.32. The summed E-state index contributed by atoms with van der Waals surface area (Å²) in [7, 11) is 3.69. The highest BCUT2D eigenvalue weighted by molar-refractivity contribution is 5.12. The molecule has 0 aromatic heterocycles. The van der Waals surface area contributed by atoms with Gasteiger partial charge in [-0.25, -0.2) is 0 Å². The summed E-state index contributed by atoms with van der Waals surface area (Å²) < 4.78 is 5.71. The van der Waals surface area contributed by atoms with E-state index in [-0.39, 0.29) is 11.6 Å². The Morgan fingerprint density at radius 1 is 1.27 bits per heavy atom. The van der Waals surface area contributed by atoms with E-state index in [0.29, 0.717) is 5.41 Å². The van der Waals surface area contributed by atoms with Crippen LogP contribution in [0.25, 0.3) is 0 Å². The molecule has 0 aromatic rings. The fraction of sp³-hybridized carbons (Fsp3) is 0.846. The highest BCUT2D eigenvalue weighted by Gasteiger charge is 2.43. The second kappa shape index (κ2) is 4.55. The molecule has 0 bridgehead atoms. The first-order chi connectivity index (χ1) is 6.99. The van der Waals surface area contributed by atoms with Crippen LogP contribution in [0.1, 0.15) is 39.5 Å². The lowest BCUT2D eigenvalue weighted by Crippen LogP contribution is -2.53. The largest absolute Gasteiger partial charge is 0.376 e. The molecule has 0 aliphatic heterocycles. The average Bonchev–Trinajstić information content (AvgIpc) is 2.22. The second-order valence-electron chi connectivity index (χ2n) is 5.32. The van der Waals surface area contributed by atoms with Crippen LogP contribution < -0.4 is 5.32 Å². The molecule has 2 heteroatoms. The predicted molar refractivity (Wildman–Crippen MR) is 63.7 cm³/mol. The fourth-order valence-electron chi connectivity index (χ4n) is 2.46. The summed E-state index contributed by atoms with van der Waals surface area (Å²) in [6.07, 6.45) is 10.0. The Morgan fingerprint density at radius 2 is 1.80 bits per heavy atom. The third-order valence-electron chi connectivity index (χ3n) is 3.84. The topological polar surface area (TPSA) is 21.3 Å². The Bertz CT molecular complexity index is 242. The van der Waals surface area contributed by atoms with Crippen LogP contribution in [0.15, 0.2) is 0 Å². The lowest BCUT2D eigenvalue weighted by molar-refractivity contribution is -0.0727. The Labute approximate surface area is 93.8 Å². The molecule has 0 heterocycles. The number of methoxy groups -OCH3 is 1. The molecular weight excluding hydrogens is 186 g/mol. The molecule has 1 fully saturated rings. The van der Waals surface area contributed by atoms with E-state index in [2.05, 4.69) is 25.1 Å². The molecule has 0 saturated heterocycles. The molecule has 1 rings (SSSR count). The van der Waals surface area contributed by atoms with Gasteiger partial charge in [-0.15, -0.1) is 6.42 Å². The number of terminal acetylenes is 1. The van der Waals surface area contributed by atoms with Crippen molar-refractivity contribution in [2.24, 2.45) is 5.41 Å². The van der Waals surface area contributed by atoms with Crippen molar-refractivity contribution in [2.75, 3.05) is 14.2 Å². The van der Waals surface area contributed by atoms with Crippen LogP contribution in [0.4, 0.5) is 0 Å². The van der Waals surface area contributed by atoms with E-state index in [0.717, 1.165) is 12.8 Å². The third kappa shape index (κ3) is 2.53. The summed E-state index contributed by atoms with van der Waals surface area (Å²) in [6.45, 7) is 4.63. The molecular formula is C13H23NO. The Morgan fingerprint density at radius 3 is 2.13 bits per heavy atom. The summed E-state index contributed by atoms with van der Waals surface area (Å²) in [5.41, 5.74) is 0.286. The quantitative estimate of drug-likeness (QED) is 0.719. The van der Waals surface area contributed by atoms with Crippen LogP contribution in [0.3, 0.4) is 0 Å². The van der Waals surface area contributed by atoms with Gasteiger partial charge < -0.3 is 10.1 Å². The summed E-state index contributed by atoms with van der Waals surface area (Å²) in [6, 6.07) is 0.0265. The van der Waals surface area contributed by atoms with Gasteiger partial charge in [-0.3, -0.25) is 0 Å². The minimum absolute atomic E-state index is 0.0265. The van der Waals surface area contributed by atoms with Gasteiger partial charge in [-0.05, 0) is 38.1 Å². The monoisotopic (exact) mass is 209 g/mol. The van der Waals surface area contributed by atoms with Crippen LogP contribution >= 0.6 is 0 Å². The van der Waals surface area contributed by atoms with Gasteiger partial charge in [0.1, 0.15) is 0 Å². The molecule has 1 aliphatic carbocycles. The van der Waals surface area contributed by atoms with Crippen molar-refractivity contribution in [3.63, 3.8) is 0 Å². The average molecular weight is 209 g/mol. The molecule has 0 amide bonds. The first-order valence-electron chi connectivity index (χ1n) is 5.68. The van der Waals surface area contributed by atoms with Crippen LogP contribution in [0, 0.1) is 17.8 Å². The van der Waals surface area contributed by atoms with E-state index < -0.39 is 0 Å². The van der Waals surface area contributed by atoms with Gasteiger partial charge in [-0.1, -0.05) is 19.8 Å². The zero-order chi connectivity index (χ0) is 11.5. The maximum atomic E-state index is 5.71. The molecule has 1 atom stereocenters. The normalized spacial score (nSPS) is 25.5. The van der Waals surface area contributed by atoms with Gasteiger partial charge in [0.2, 0.25) is 0 Å². The molecule has 1 saturated carbocycles. The predicted octanol–water partition coefficient (Wildman–Crippen LogP) is 2.19. The third-order valence-corrected chi connectivity index (χ3v) is 3.84. The molecule has 15 heavy (non-hydrogen) atoms. The SMILES string of the molecule is C#CC(NC)C1(OC)CCC(C)(C)CC1. The van der Waals surface area contributed by atoms with Crippen LogP contribution in [0.2, 0.25) is 0 Å². The minimum Gasteiger partial charge on any atom is -0.376 e. The smallest absolute Gasteiger partial charge is 0.0978 e. The van der Waals surface area contributed by atoms with E-state index in [4.69, 9.17) is 11.2 Å². The Hall–Kier alpha value is -0.520. The zero-order valence-electron chi connectivity index (χ0n) is 10.4. The van der Waals surface area contributed by atoms with Gasteiger partial charge in [0.25, 0.3) is 0 Å². The van der Waals surface area contributed by atoms with Crippen LogP contribution in [-0.2, 0) is 4.74 Å². The van der Waals surface area contributed by atoms with Gasteiger partial charge in [0, 0.05) is 7.11 Å². The van der Waals surface area contributed by atoms with E-state index in [1.54, 1.807) is 7.11 Å². The summed E-state index contributed by atoms with van der Waals surface area (Å²) >= 11 is 0. The van der Waals surface area contributed by atoms with Crippen molar-refractivity contribution in [1.82, 2.24) is 5.32 Å². The summed E-state index contributed by atoms with van der Waals surface area (Å²) in [5, 5.41) is 3.18. The number of nitrogens with one attached hydrogen (secondary N) is 1. The number of hydrogen-bond acceptors (Lipinski definition) is 2. The fourth-order valence-corrected chi connectivity index (χ4v) is 2.46. The minimum atomic E-state index is -0.154. The number of ether oxygens (including phenoxy) is 1. The zero-order valence-corrected chi connectivity index (χ0v) is 10.4. The van der Waals surface area contributed by atoms with E-state index in [1.807, 2.05) is 7.05 Å². The maximum Gasteiger partial charge on any atom is 0.0978 e. The van der Waals surface area contributed by atoms with Crippen LogP contribution in [0.5, 0.6) is 0 Å². The Kier molecular flexibility index (Phi) is 3.81. The molecule has 1 N–H and O–H groups in total. The van der Waals surface area contributed by atoms with Crippen LogP contribution in [-0.4, -0.2) is 25.8 Å². The van der Waals surface area contributed by atoms with E-state index in [9.17, 15) is 0 Å². The highest BCUT2D eigenvalue weighted by Crippen LogP contribution is 2.43. The van der Waals surface area contributed by atoms with E-state index >= 15 is 0 Å². The van der Waals surface area contributed by atoms with E-state index in [1.165, 1.54) is 12.8 Å². The van der Waals surface area contributed by atoms with Gasteiger partial charge in [0.05, 0.1) is 11.6 Å². The van der Waals surface area contributed by atoms with Gasteiger partial charge >= 0.3 is 0 Å².